The van der Waals surface area contributed by atoms with Crippen molar-refractivity contribution >= 4 is 47.5 Å². The van der Waals surface area contributed by atoms with Crippen molar-refractivity contribution in [3.8, 4) is 5.75 Å². The van der Waals surface area contributed by atoms with E-state index in [1.807, 2.05) is 18.2 Å². The Bertz CT molecular complexity index is 1130. The predicted octanol–water partition coefficient (Wildman–Crippen LogP) is 8.05. The molecule has 0 N–H and O–H groups in total. The second-order valence-electron chi connectivity index (χ2n) is 9.39. The van der Waals surface area contributed by atoms with E-state index in [4.69, 9.17) is 9.47 Å². The zero-order valence-electron chi connectivity index (χ0n) is 21.6. The van der Waals surface area contributed by atoms with Gasteiger partial charge in [-0.05, 0) is 74.8 Å². The molecule has 2 aromatic carbocycles. The highest BCUT2D eigenvalue weighted by atomic mass is 35.5. The molecule has 0 radical (unpaired) electrons. The monoisotopic (exact) mass is 590 g/mol. The van der Waals surface area contributed by atoms with Gasteiger partial charge in [-0.15, -0.1) is 36.6 Å². The molecule has 10 heteroatoms. The number of rotatable bonds is 10. The summed E-state index contributed by atoms with van der Waals surface area (Å²) in [4.78, 5) is 7.51. The van der Waals surface area contributed by atoms with E-state index in [9.17, 15) is 13.2 Å². The van der Waals surface area contributed by atoms with Crippen molar-refractivity contribution in [2.45, 2.75) is 62.9 Å². The Morgan fingerprint density at radius 2 is 1.68 bits per heavy atom. The lowest BCUT2D eigenvalue weighted by Crippen LogP contribution is -2.44. The molecule has 0 spiro atoms. The van der Waals surface area contributed by atoms with Crippen LogP contribution in [-0.4, -0.2) is 47.5 Å². The largest absolute Gasteiger partial charge is 0.494 e. The molecular formula is C28H35Cl2F3N2O2S. The molecule has 1 aliphatic heterocycles. The van der Waals surface area contributed by atoms with Gasteiger partial charge >= 0.3 is 6.18 Å². The predicted molar refractivity (Wildman–Crippen MR) is 153 cm³/mol. The minimum atomic E-state index is -4.36. The fraction of sp³-hybridized carbons (Fsp3) is 0.464. The molecule has 210 valence electrons. The van der Waals surface area contributed by atoms with Crippen LogP contribution in [0.2, 0.25) is 0 Å². The van der Waals surface area contributed by atoms with Gasteiger partial charge in [0.1, 0.15) is 5.75 Å². The summed E-state index contributed by atoms with van der Waals surface area (Å²) in [5.74, 6) is 1.78. The van der Waals surface area contributed by atoms with E-state index >= 15 is 0 Å². The van der Waals surface area contributed by atoms with Gasteiger partial charge in [0, 0.05) is 36.1 Å². The third-order valence-electron chi connectivity index (χ3n) is 6.17. The fourth-order valence-electron chi connectivity index (χ4n) is 4.54. The van der Waals surface area contributed by atoms with E-state index in [1.54, 1.807) is 18.0 Å². The molecule has 1 aromatic heterocycles. The van der Waals surface area contributed by atoms with E-state index in [1.165, 1.54) is 11.6 Å². The van der Waals surface area contributed by atoms with Crippen LogP contribution in [0.25, 0.3) is 10.9 Å². The maximum Gasteiger partial charge on any atom is 0.416 e. The normalized spacial score (nSPS) is 18.0. The number of alkyl halides is 3. The Balaban J connectivity index is 0.00000253. The van der Waals surface area contributed by atoms with Crippen LogP contribution in [0, 0.1) is 0 Å². The topological polar surface area (TPSA) is 34.6 Å². The first-order valence-corrected chi connectivity index (χ1v) is 13.4. The Labute approximate surface area is 239 Å². The number of unbranched alkanes of at least 4 members (excludes halogenated alkanes) is 2. The Morgan fingerprint density at radius 3 is 2.37 bits per heavy atom. The zero-order chi connectivity index (χ0) is 25.5. The van der Waals surface area contributed by atoms with E-state index in [0.29, 0.717) is 12.1 Å². The van der Waals surface area contributed by atoms with Crippen LogP contribution in [-0.2, 0) is 17.5 Å². The van der Waals surface area contributed by atoms with Crippen LogP contribution < -0.4 is 4.74 Å². The fourth-order valence-corrected chi connectivity index (χ4v) is 5.59. The molecule has 2 heterocycles. The Hall–Kier alpha value is -1.71. The van der Waals surface area contributed by atoms with Crippen LogP contribution in [0.15, 0.2) is 59.6 Å². The molecule has 4 nitrogen and oxygen atoms in total. The minimum absolute atomic E-state index is 0. The van der Waals surface area contributed by atoms with Gasteiger partial charge < -0.3 is 9.47 Å². The summed E-state index contributed by atoms with van der Waals surface area (Å²) in [5, 5.41) is 0.764. The van der Waals surface area contributed by atoms with E-state index in [-0.39, 0.29) is 37.0 Å². The number of pyridine rings is 1. The lowest BCUT2D eigenvalue weighted by molar-refractivity contribution is -0.137. The number of fused-ring (bicyclic) bond motifs is 1. The SMILES string of the molecule is CC1CN(Cc2ccc(OCCCCCSc3ccnc4cc(C(F)(F)F)ccc34)cc2)CC(C)O1.Cl.Cl. The molecule has 1 saturated heterocycles. The van der Waals surface area contributed by atoms with Crippen LogP contribution in [0.4, 0.5) is 13.2 Å². The van der Waals surface area contributed by atoms with Crippen LogP contribution >= 0.6 is 36.6 Å². The van der Waals surface area contributed by atoms with Gasteiger partial charge in [-0.3, -0.25) is 9.88 Å². The highest BCUT2D eigenvalue weighted by Gasteiger charge is 2.30. The first kappa shape index (κ1) is 32.5. The standard InChI is InChI=1S/C28H33F3N2O2S.2ClH/c1-20-17-33(18-21(2)35-20)19-22-6-9-24(10-7-22)34-14-4-3-5-15-36-27-12-13-32-26-16-23(28(29,30)31)8-11-25(26)27;;/h6-13,16,20-21H,3-5,14-15,17-19H2,1-2H3;2*1H. The summed E-state index contributed by atoms with van der Waals surface area (Å²) in [6.07, 6.45) is 0.747. The van der Waals surface area contributed by atoms with E-state index < -0.39 is 11.7 Å². The quantitative estimate of drug-likeness (QED) is 0.176. The lowest BCUT2D eigenvalue weighted by Gasteiger charge is -2.35. The summed E-state index contributed by atoms with van der Waals surface area (Å²) in [6.45, 7) is 7.74. The molecule has 0 amide bonds. The van der Waals surface area contributed by atoms with Crippen LogP contribution in [0.3, 0.4) is 0 Å². The summed E-state index contributed by atoms with van der Waals surface area (Å²) < 4.78 is 50.6. The van der Waals surface area contributed by atoms with Gasteiger partial charge in [-0.25, -0.2) is 0 Å². The molecule has 0 aliphatic carbocycles. The average Bonchev–Trinajstić information content (AvgIpc) is 2.83. The number of morpholine rings is 1. The van der Waals surface area contributed by atoms with Crippen LogP contribution in [0.5, 0.6) is 5.75 Å². The number of ether oxygens (including phenoxy) is 2. The molecule has 3 aromatic rings. The second kappa shape index (κ2) is 15.2. The maximum atomic E-state index is 13.0. The number of thioether (sulfide) groups is 1. The molecule has 0 saturated carbocycles. The van der Waals surface area contributed by atoms with Crippen molar-refractivity contribution in [2.24, 2.45) is 0 Å². The van der Waals surface area contributed by atoms with E-state index in [0.717, 1.165) is 72.8 Å². The zero-order valence-corrected chi connectivity index (χ0v) is 24.0. The molecule has 4 rings (SSSR count). The average molecular weight is 592 g/mol. The maximum absolute atomic E-state index is 13.0. The highest BCUT2D eigenvalue weighted by Crippen LogP contribution is 2.34. The van der Waals surface area contributed by atoms with E-state index in [2.05, 4.69) is 35.9 Å². The van der Waals surface area contributed by atoms with Crippen molar-refractivity contribution in [1.29, 1.82) is 0 Å². The first-order chi connectivity index (χ1) is 17.3. The van der Waals surface area contributed by atoms with Gasteiger partial charge in [0.2, 0.25) is 0 Å². The number of halogens is 5. The van der Waals surface area contributed by atoms with Gasteiger partial charge in [-0.1, -0.05) is 18.2 Å². The smallest absolute Gasteiger partial charge is 0.416 e. The summed E-state index contributed by atoms with van der Waals surface area (Å²) in [5.41, 5.74) is 0.989. The summed E-state index contributed by atoms with van der Waals surface area (Å²) in [6, 6.07) is 14.0. The summed E-state index contributed by atoms with van der Waals surface area (Å²) >= 11 is 1.66. The van der Waals surface area contributed by atoms with Gasteiger partial charge in [0.15, 0.2) is 0 Å². The lowest BCUT2D eigenvalue weighted by atomic mass is 10.1. The van der Waals surface area contributed by atoms with Crippen molar-refractivity contribution < 1.29 is 22.6 Å². The molecule has 1 fully saturated rings. The number of nitrogens with zero attached hydrogens (tertiary/aromatic N) is 2. The van der Waals surface area contributed by atoms with Crippen molar-refractivity contribution in [2.75, 3.05) is 25.4 Å². The Morgan fingerprint density at radius 1 is 0.974 bits per heavy atom. The highest BCUT2D eigenvalue weighted by molar-refractivity contribution is 7.99. The van der Waals surface area contributed by atoms with Gasteiger partial charge in [0.25, 0.3) is 0 Å². The number of benzene rings is 2. The van der Waals surface area contributed by atoms with Crippen molar-refractivity contribution in [3.63, 3.8) is 0 Å². The van der Waals surface area contributed by atoms with Gasteiger partial charge in [0.05, 0.1) is 29.9 Å². The molecule has 1 aliphatic rings. The number of hydrogen-bond acceptors (Lipinski definition) is 5. The molecule has 38 heavy (non-hydrogen) atoms. The second-order valence-corrected chi connectivity index (χ2v) is 10.5. The number of aromatic nitrogens is 1. The number of hydrogen-bond donors (Lipinski definition) is 0. The third-order valence-corrected chi connectivity index (χ3v) is 7.33. The molecular weight excluding hydrogens is 556 g/mol. The molecule has 2 unspecified atom stereocenters. The first-order valence-electron chi connectivity index (χ1n) is 12.5. The molecule has 0 bridgehead atoms. The minimum Gasteiger partial charge on any atom is -0.494 e. The van der Waals surface area contributed by atoms with Crippen molar-refractivity contribution in [3.05, 3.63) is 65.9 Å². The Kier molecular flexibility index (Phi) is 13.0. The summed E-state index contributed by atoms with van der Waals surface area (Å²) in [7, 11) is 0. The van der Waals surface area contributed by atoms with Crippen molar-refractivity contribution in [1.82, 2.24) is 9.88 Å². The van der Waals surface area contributed by atoms with Crippen LogP contribution in [0.1, 0.15) is 44.2 Å². The molecule has 2 atom stereocenters. The van der Waals surface area contributed by atoms with Gasteiger partial charge in [-0.2, -0.15) is 13.2 Å². The third kappa shape index (κ3) is 9.49.